The van der Waals surface area contributed by atoms with Crippen LogP contribution in [-0.2, 0) is 9.47 Å². The summed E-state index contributed by atoms with van der Waals surface area (Å²) < 4.78 is 11.0. The smallest absolute Gasteiger partial charge is 0.252 e. The molecule has 1 saturated heterocycles. The number of carbonyl (C=O) groups excluding carboxylic acids is 1. The Morgan fingerprint density at radius 1 is 1.35 bits per heavy atom. The molecule has 2 rings (SSSR count). The van der Waals surface area contributed by atoms with E-state index >= 15 is 0 Å². The van der Waals surface area contributed by atoms with Crippen LogP contribution in [0.25, 0.3) is 0 Å². The first-order chi connectivity index (χ1) is 12.8. The Hall–Kier alpha value is -2.19. The number of pyridine rings is 1. The van der Waals surface area contributed by atoms with E-state index in [9.17, 15) is 4.79 Å². The highest BCUT2D eigenvalue weighted by molar-refractivity contribution is 5.93. The lowest BCUT2D eigenvalue weighted by molar-refractivity contribution is 0.0887. The van der Waals surface area contributed by atoms with Crippen molar-refractivity contribution in [1.82, 2.24) is 20.9 Å². The maximum Gasteiger partial charge on any atom is 0.252 e. The van der Waals surface area contributed by atoms with E-state index in [-0.39, 0.29) is 5.91 Å². The minimum Gasteiger partial charge on any atom is -0.381 e. The minimum absolute atomic E-state index is 0.132. The highest BCUT2D eigenvalue weighted by Crippen LogP contribution is 2.12. The van der Waals surface area contributed by atoms with Gasteiger partial charge in [-0.3, -0.25) is 14.8 Å². The number of nitrogens with zero attached hydrogens (tertiary/aromatic N) is 2. The molecule has 1 unspecified atom stereocenters. The van der Waals surface area contributed by atoms with E-state index in [0.717, 1.165) is 45.8 Å². The molecule has 8 nitrogen and oxygen atoms in total. The van der Waals surface area contributed by atoms with Crippen molar-refractivity contribution in [2.45, 2.75) is 12.8 Å². The van der Waals surface area contributed by atoms with Gasteiger partial charge in [-0.2, -0.15) is 0 Å². The molecule has 8 heteroatoms. The number of nitrogens with one attached hydrogen (secondary N) is 3. The van der Waals surface area contributed by atoms with E-state index in [1.54, 1.807) is 31.6 Å². The molecule has 0 aliphatic carbocycles. The Morgan fingerprint density at radius 3 is 2.92 bits per heavy atom. The summed E-state index contributed by atoms with van der Waals surface area (Å²) in [4.78, 5) is 20.0. The summed E-state index contributed by atoms with van der Waals surface area (Å²) in [5, 5.41) is 9.23. The Labute approximate surface area is 154 Å². The molecular weight excluding hydrogens is 334 g/mol. The third-order valence-electron chi connectivity index (χ3n) is 3.99. The molecule has 1 aliphatic rings. The Morgan fingerprint density at radius 2 is 2.19 bits per heavy atom. The minimum atomic E-state index is -0.132. The van der Waals surface area contributed by atoms with Crippen molar-refractivity contribution >= 4 is 11.9 Å². The van der Waals surface area contributed by atoms with Crippen molar-refractivity contribution < 1.29 is 14.3 Å². The van der Waals surface area contributed by atoms with Crippen molar-refractivity contribution in [3.8, 4) is 0 Å². The number of amides is 1. The van der Waals surface area contributed by atoms with Gasteiger partial charge in [-0.25, -0.2) is 0 Å². The molecule has 1 aliphatic heterocycles. The quantitative estimate of drug-likeness (QED) is 0.317. The maximum atomic E-state index is 11.9. The molecule has 1 aromatic heterocycles. The van der Waals surface area contributed by atoms with Crippen LogP contribution in [0.15, 0.2) is 29.5 Å². The van der Waals surface area contributed by atoms with Crippen LogP contribution >= 0.6 is 0 Å². The van der Waals surface area contributed by atoms with Gasteiger partial charge < -0.3 is 25.4 Å². The molecule has 0 spiro atoms. The van der Waals surface area contributed by atoms with E-state index < -0.39 is 0 Å². The second kappa shape index (κ2) is 12.2. The average Bonchev–Trinajstić information content (AvgIpc) is 3.20. The van der Waals surface area contributed by atoms with E-state index in [2.05, 4.69) is 25.9 Å². The first-order valence-corrected chi connectivity index (χ1v) is 9.08. The highest BCUT2D eigenvalue weighted by atomic mass is 16.5. The zero-order chi connectivity index (χ0) is 18.5. The lowest BCUT2D eigenvalue weighted by Crippen LogP contribution is -2.42. The first kappa shape index (κ1) is 20.1. The van der Waals surface area contributed by atoms with Crippen molar-refractivity contribution in [2.75, 3.05) is 53.1 Å². The SMILES string of the molecule is CN=C(NCCCOCC1CCOC1)NCCNC(=O)c1cccnc1. The van der Waals surface area contributed by atoms with Gasteiger partial charge in [-0.15, -0.1) is 0 Å². The molecule has 0 bridgehead atoms. The van der Waals surface area contributed by atoms with Crippen molar-refractivity contribution in [2.24, 2.45) is 10.9 Å². The number of aromatic nitrogens is 1. The largest absolute Gasteiger partial charge is 0.381 e. The van der Waals surface area contributed by atoms with Gasteiger partial charge in [-0.1, -0.05) is 0 Å². The molecule has 3 N–H and O–H groups in total. The van der Waals surface area contributed by atoms with Crippen molar-refractivity contribution in [3.63, 3.8) is 0 Å². The fourth-order valence-corrected chi connectivity index (χ4v) is 2.52. The summed E-state index contributed by atoms with van der Waals surface area (Å²) in [7, 11) is 1.72. The van der Waals surface area contributed by atoms with Gasteiger partial charge >= 0.3 is 0 Å². The molecule has 1 fully saturated rings. The Bertz CT molecular complexity index is 547. The zero-order valence-electron chi connectivity index (χ0n) is 15.4. The molecule has 1 aromatic rings. The van der Waals surface area contributed by atoms with Crippen LogP contribution in [0.2, 0.25) is 0 Å². The van der Waals surface area contributed by atoms with Crippen molar-refractivity contribution in [1.29, 1.82) is 0 Å². The van der Waals surface area contributed by atoms with Crippen LogP contribution in [0.4, 0.5) is 0 Å². The fraction of sp³-hybridized carbons (Fsp3) is 0.611. The number of aliphatic imine (C=N–C) groups is 1. The van der Waals surface area contributed by atoms with Crippen LogP contribution < -0.4 is 16.0 Å². The lowest BCUT2D eigenvalue weighted by atomic mass is 10.1. The molecule has 26 heavy (non-hydrogen) atoms. The molecule has 0 saturated carbocycles. The van der Waals surface area contributed by atoms with Gasteiger partial charge in [0.25, 0.3) is 5.91 Å². The Kier molecular flexibility index (Phi) is 9.45. The van der Waals surface area contributed by atoms with Crippen LogP contribution in [0.1, 0.15) is 23.2 Å². The van der Waals surface area contributed by atoms with Gasteiger partial charge in [0.05, 0.1) is 18.8 Å². The average molecular weight is 363 g/mol. The summed E-state index contributed by atoms with van der Waals surface area (Å²) in [6.07, 6.45) is 5.20. The number of rotatable bonds is 10. The van der Waals surface area contributed by atoms with E-state index in [1.165, 1.54) is 0 Å². The predicted octanol–water partition coefficient (Wildman–Crippen LogP) is 0.420. The third kappa shape index (κ3) is 7.79. The molecule has 0 radical (unpaired) electrons. The molecule has 2 heterocycles. The normalized spacial score (nSPS) is 17.1. The fourth-order valence-electron chi connectivity index (χ4n) is 2.52. The number of hydrogen-bond donors (Lipinski definition) is 3. The summed E-state index contributed by atoms with van der Waals surface area (Å²) in [6.45, 7) is 5.06. The standard InChI is InChI=1S/C18H29N5O3/c1-19-18(22-7-3-10-25-13-15-5-11-26-14-15)23-9-8-21-17(24)16-4-2-6-20-12-16/h2,4,6,12,15H,3,5,7-11,13-14H2,1H3,(H,21,24)(H2,19,22,23). The number of guanidine groups is 1. The monoisotopic (exact) mass is 363 g/mol. The van der Waals surface area contributed by atoms with E-state index in [0.29, 0.717) is 30.5 Å². The molecule has 1 amide bonds. The molecule has 144 valence electrons. The van der Waals surface area contributed by atoms with E-state index in [1.807, 2.05) is 0 Å². The maximum absolute atomic E-state index is 11.9. The summed E-state index contributed by atoms with van der Waals surface area (Å²) in [5.74, 6) is 1.14. The molecular formula is C18H29N5O3. The van der Waals surface area contributed by atoms with Gasteiger partial charge in [0, 0.05) is 58.2 Å². The molecule has 0 aromatic carbocycles. The van der Waals surface area contributed by atoms with Gasteiger partial charge in [0.2, 0.25) is 0 Å². The zero-order valence-corrected chi connectivity index (χ0v) is 15.4. The topological polar surface area (TPSA) is 96.9 Å². The van der Waals surface area contributed by atoms with Crippen LogP contribution in [0.5, 0.6) is 0 Å². The number of carbonyl (C=O) groups is 1. The lowest BCUT2D eigenvalue weighted by Gasteiger charge is -2.13. The third-order valence-corrected chi connectivity index (χ3v) is 3.99. The van der Waals surface area contributed by atoms with Crippen molar-refractivity contribution in [3.05, 3.63) is 30.1 Å². The number of ether oxygens (including phenoxy) is 2. The highest BCUT2D eigenvalue weighted by Gasteiger charge is 2.15. The van der Waals surface area contributed by atoms with Gasteiger partial charge in [0.1, 0.15) is 0 Å². The van der Waals surface area contributed by atoms with Crippen LogP contribution in [0, 0.1) is 5.92 Å². The second-order valence-corrected chi connectivity index (χ2v) is 6.08. The summed E-state index contributed by atoms with van der Waals surface area (Å²) in [5.41, 5.74) is 0.555. The summed E-state index contributed by atoms with van der Waals surface area (Å²) >= 11 is 0. The summed E-state index contributed by atoms with van der Waals surface area (Å²) in [6, 6.07) is 3.47. The predicted molar refractivity (Wildman–Crippen MR) is 100 cm³/mol. The molecule has 1 atom stereocenters. The van der Waals surface area contributed by atoms with Crippen LogP contribution in [0.3, 0.4) is 0 Å². The van der Waals surface area contributed by atoms with Gasteiger partial charge in [0.15, 0.2) is 5.96 Å². The van der Waals surface area contributed by atoms with Gasteiger partial charge in [-0.05, 0) is 25.0 Å². The second-order valence-electron chi connectivity index (χ2n) is 6.08. The first-order valence-electron chi connectivity index (χ1n) is 9.08. The Balaban J connectivity index is 1.47. The van der Waals surface area contributed by atoms with Crippen LogP contribution in [-0.4, -0.2) is 70.0 Å². The number of hydrogen-bond acceptors (Lipinski definition) is 5. The van der Waals surface area contributed by atoms with E-state index in [4.69, 9.17) is 9.47 Å².